The Morgan fingerprint density at radius 1 is 1.23 bits per heavy atom. The van der Waals surface area contributed by atoms with Crippen molar-refractivity contribution in [2.45, 2.75) is 33.2 Å². The van der Waals surface area contributed by atoms with Crippen LogP contribution in [0.2, 0.25) is 0 Å². The van der Waals surface area contributed by atoms with Crippen LogP contribution in [-0.4, -0.2) is 49.0 Å². The van der Waals surface area contributed by atoms with Crippen LogP contribution in [-0.2, 0) is 9.59 Å². The molecule has 144 valence electrons. The number of anilines is 1. The molecule has 3 N–H and O–H groups in total. The molecule has 0 aliphatic heterocycles. The Kier molecular flexibility index (Phi) is 7.51. The van der Waals surface area contributed by atoms with E-state index in [0.29, 0.717) is 12.3 Å². The van der Waals surface area contributed by atoms with E-state index in [2.05, 4.69) is 10.6 Å². The van der Waals surface area contributed by atoms with Gasteiger partial charge in [-0.3, -0.25) is 19.7 Å². The number of carbonyl (C=O) groups excluding carboxylic acids is 2. The van der Waals surface area contributed by atoms with Gasteiger partial charge in [0.15, 0.2) is 13.1 Å². The van der Waals surface area contributed by atoms with Gasteiger partial charge in [0.2, 0.25) is 0 Å². The fraction of sp³-hybridized carbons (Fsp3) is 0.529. The van der Waals surface area contributed by atoms with Gasteiger partial charge in [0.25, 0.3) is 17.5 Å². The van der Waals surface area contributed by atoms with Crippen LogP contribution in [0.1, 0.15) is 27.7 Å². The average molecular weight is 367 g/mol. The quantitative estimate of drug-likeness (QED) is 0.453. The monoisotopic (exact) mass is 367 g/mol. The first-order valence-electron chi connectivity index (χ1n) is 8.32. The Morgan fingerprint density at radius 3 is 2.35 bits per heavy atom. The number of quaternary nitrogens is 1. The summed E-state index contributed by atoms with van der Waals surface area (Å²) in [5.41, 5.74) is -0.263. The van der Waals surface area contributed by atoms with Gasteiger partial charge >= 0.3 is 0 Å². The molecule has 1 aromatic rings. The number of nitrogens with one attached hydrogen (secondary N) is 3. The lowest BCUT2D eigenvalue weighted by atomic mass is 10.1. The van der Waals surface area contributed by atoms with Crippen molar-refractivity contribution < 1.29 is 24.1 Å². The third-order valence-corrected chi connectivity index (χ3v) is 3.50. The number of benzene rings is 1. The number of rotatable bonds is 8. The first-order chi connectivity index (χ1) is 12.1. The summed E-state index contributed by atoms with van der Waals surface area (Å²) in [5, 5.41) is 16.4. The third-order valence-electron chi connectivity index (χ3n) is 3.50. The fourth-order valence-corrected chi connectivity index (χ4v) is 2.33. The molecule has 0 heterocycles. The molecule has 9 nitrogen and oxygen atoms in total. The Labute approximate surface area is 152 Å². The van der Waals surface area contributed by atoms with Crippen LogP contribution < -0.4 is 20.3 Å². The highest BCUT2D eigenvalue weighted by Gasteiger charge is 2.21. The van der Waals surface area contributed by atoms with Gasteiger partial charge in [0, 0.05) is 17.7 Å². The van der Waals surface area contributed by atoms with Gasteiger partial charge in [0.05, 0.1) is 24.3 Å². The number of likely N-dealkylation sites (N-methyl/N-ethyl adjacent to an activating group) is 1. The van der Waals surface area contributed by atoms with Crippen LogP contribution in [0.5, 0.6) is 5.75 Å². The van der Waals surface area contributed by atoms with E-state index in [4.69, 9.17) is 4.74 Å². The fourth-order valence-electron chi connectivity index (χ4n) is 2.33. The molecule has 1 atom stereocenters. The number of methoxy groups -OCH3 is 1. The Hall–Kier alpha value is -2.68. The van der Waals surface area contributed by atoms with E-state index in [9.17, 15) is 19.7 Å². The van der Waals surface area contributed by atoms with Crippen LogP contribution >= 0.6 is 0 Å². The SMILES string of the molecule is CC[NH+](CC(=O)Nc1cc([N+](=O)[O-])ccc1OC)CC(=O)NC(C)(C)C. The topological polar surface area (TPSA) is 115 Å². The highest BCUT2D eigenvalue weighted by Crippen LogP contribution is 2.28. The number of nitrogens with zero attached hydrogens (tertiary/aromatic N) is 1. The normalized spacial score (nSPS) is 12.2. The summed E-state index contributed by atoms with van der Waals surface area (Å²) in [6.45, 7) is 8.33. The maximum absolute atomic E-state index is 12.3. The van der Waals surface area contributed by atoms with Crippen molar-refractivity contribution in [2.24, 2.45) is 0 Å². The molecule has 0 aliphatic carbocycles. The molecule has 0 aromatic heterocycles. The lowest BCUT2D eigenvalue weighted by Crippen LogP contribution is -3.14. The zero-order valence-electron chi connectivity index (χ0n) is 15.8. The first-order valence-corrected chi connectivity index (χ1v) is 8.32. The Balaban J connectivity index is 2.76. The number of ether oxygens (including phenoxy) is 1. The maximum atomic E-state index is 12.3. The summed E-state index contributed by atoms with van der Waals surface area (Å²) in [5.74, 6) is -0.174. The van der Waals surface area contributed by atoms with Crippen molar-refractivity contribution in [3.05, 3.63) is 28.3 Å². The van der Waals surface area contributed by atoms with E-state index in [0.717, 1.165) is 4.90 Å². The van der Waals surface area contributed by atoms with Crippen LogP contribution in [0.15, 0.2) is 18.2 Å². The van der Waals surface area contributed by atoms with Crippen LogP contribution in [0.25, 0.3) is 0 Å². The minimum Gasteiger partial charge on any atom is -0.495 e. The summed E-state index contributed by atoms with van der Waals surface area (Å²) in [7, 11) is 1.41. The highest BCUT2D eigenvalue weighted by atomic mass is 16.6. The van der Waals surface area contributed by atoms with Crippen LogP contribution in [0.3, 0.4) is 0 Å². The second-order valence-corrected chi connectivity index (χ2v) is 6.95. The Bertz CT molecular complexity index is 670. The largest absolute Gasteiger partial charge is 0.495 e. The number of nitro benzene ring substituents is 1. The molecule has 1 rings (SSSR count). The standard InChI is InChI=1S/C17H26N4O5/c1-6-20(11-16(23)19-17(2,3)4)10-15(22)18-13-9-12(21(24)25)7-8-14(13)26-5/h7-9H,6,10-11H2,1-5H3,(H,18,22)(H,19,23)/p+1. The van der Waals surface area contributed by atoms with Gasteiger partial charge in [-0.15, -0.1) is 0 Å². The van der Waals surface area contributed by atoms with Crippen molar-refractivity contribution in [3.63, 3.8) is 0 Å². The number of hydrogen-bond acceptors (Lipinski definition) is 5. The highest BCUT2D eigenvalue weighted by molar-refractivity contribution is 5.93. The number of non-ortho nitro benzene ring substituents is 1. The molecule has 0 fully saturated rings. The second-order valence-electron chi connectivity index (χ2n) is 6.95. The van der Waals surface area contributed by atoms with Gasteiger partial charge in [-0.25, -0.2) is 0 Å². The van der Waals surface area contributed by atoms with E-state index in [1.807, 2.05) is 27.7 Å². The molecule has 2 amide bonds. The lowest BCUT2D eigenvalue weighted by Gasteiger charge is -2.23. The van der Waals surface area contributed by atoms with E-state index in [-0.39, 0.29) is 41.8 Å². The smallest absolute Gasteiger partial charge is 0.279 e. The molecule has 26 heavy (non-hydrogen) atoms. The summed E-state index contributed by atoms with van der Waals surface area (Å²) in [4.78, 5) is 35.5. The predicted octanol–water partition coefficient (Wildman–Crippen LogP) is 0.361. The predicted molar refractivity (Wildman–Crippen MR) is 97.4 cm³/mol. The lowest BCUT2D eigenvalue weighted by molar-refractivity contribution is -0.881. The number of carbonyl (C=O) groups is 2. The molecule has 0 radical (unpaired) electrons. The molecule has 9 heteroatoms. The zero-order chi connectivity index (χ0) is 19.9. The summed E-state index contributed by atoms with van der Waals surface area (Å²) in [6, 6.07) is 3.97. The summed E-state index contributed by atoms with van der Waals surface area (Å²) in [6.07, 6.45) is 0. The van der Waals surface area contributed by atoms with Crippen molar-refractivity contribution >= 4 is 23.2 Å². The Morgan fingerprint density at radius 2 is 1.85 bits per heavy atom. The van der Waals surface area contributed by atoms with Gasteiger partial charge in [-0.2, -0.15) is 0 Å². The van der Waals surface area contributed by atoms with Gasteiger partial charge < -0.3 is 20.3 Å². The minimum absolute atomic E-state index is 0.0555. The summed E-state index contributed by atoms with van der Waals surface area (Å²) < 4.78 is 5.12. The molecular formula is C17H27N4O5+. The van der Waals surface area contributed by atoms with Gasteiger partial charge in [-0.05, 0) is 33.8 Å². The van der Waals surface area contributed by atoms with Gasteiger partial charge in [0.1, 0.15) is 5.75 Å². The van der Waals surface area contributed by atoms with E-state index >= 15 is 0 Å². The van der Waals surface area contributed by atoms with Crippen molar-refractivity contribution in [3.8, 4) is 5.75 Å². The van der Waals surface area contributed by atoms with Crippen LogP contribution in [0, 0.1) is 10.1 Å². The first kappa shape index (κ1) is 21.4. The molecular weight excluding hydrogens is 340 g/mol. The van der Waals surface area contributed by atoms with E-state index < -0.39 is 4.92 Å². The van der Waals surface area contributed by atoms with E-state index in [1.165, 1.54) is 25.3 Å². The minimum atomic E-state index is -0.546. The zero-order valence-corrected chi connectivity index (χ0v) is 15.8. The number of nitro groups is 1. The molecule has 0 saturated carbocycles. The number of hydrogen-bond donors (Lipinski definition) is 3. The third kappa shape index (κ3) is 7.06. The molecule has 0 aliphatic rings. The van der Waals surface area contributed by atoms with Crippen molar-refractivity contribution in [1.82, 2.24) is 5.32 Å². The molecule has 1 aromatic carbocycles. The molecule has 0 saturated heterocycles. The van der Waals surface area contributed by atoms with Gasteiger partial charge in [-0.1, -0.05) is 0 Å². The molecule has 0 spiro atoms. The molecule has 1 unspecified atom stereocenters. The average Bonchev–Trinajstić information content (AvgIpc) is 2.52. The van der Waals surface area contributed by atoms with Crippen LogP contribution in [0.4, 0.5) is 11.4 Å². The maximum Gasteiger partial charge on any atom is 0.279 e. The van der Waals surface area contributed by atoms with Crippen molar-refractivity contribution in [1.29, 1.82) is 0 Å². The van der Waals surface area contributed by atoms with Crippen molar-refractivity contribution in [2.75, 3.05) is 32.1 Å². The second kappa shape index (κ2) is 9.14. The molecule has 0 bridgehead atoms. The summed E-state index contributed by atoms with van der Waals surface area (Å²) >= 11 is 0. The number of amides is 2. The van der Waals surface area contributed by atoms with E-state index in [1.54, 1.807) is 0 Å².